The van der Waals surface area contributed by atoms with Gasteiger partial charge in [-0.25, -0.2) is 4.98 Å². The molecule has 0 aromatic carbocycles. The minimum absolute atomic E-state index is 0.685. The van der Waals surface area contributed by atoms with Gasteiger partial charge in [0.25, 0.3) is 0 Å². The van der Waals surface area contributed by atoms with E-state index < -0.39 is 0 Å². The minimum Gasteiger partial charge on any atom is -0.356 e. The van der Waals surface area contributed by atoms with Crippen LogP contribution in [0.3, 0.4) is 0 Å². The van der Waals surface area contributed by atoms with Crippen LogP contribution in [0.25, 0.3) is 0 Å². The van der Waals surface area contributed by atoms with E-state index in [1.54, 1.807) is 0 Å². The maximum atomic E-state index is 4.43. The van der Waals surface area contributed by atoms with E-state index in [0.717, 1.165) is 18.4 Å². The smallest absolute Gasteiger partial charge is 0.203 e. The van der Waals surface area contributed by atoms with E-state index in [2.05, 4.69) is 34.9 Å². The van der Waals surface area contributed by atoms with Gasteiger partial charge in [0.1, 0.15) is 0 Å². The number of hydrogen-bond acceptors (Lipinski definition) is 2. The van der Waals surface area contributed by atoms with Crippen LogP contribution < -0.4 is 5.32 Å². The highest BCUT2D eigenvalue weighted by atomic mass is 15.2. The van der Waals surface area contributed by atoms with Crippen LogP contribution in [0.2, 0.25) is 0 Å². The molecule has 1 N–H and O–H groups in total. The zero-order valence-corrected chi connectivity index (χ0v) is 11.2. The first-order valence-corrected chi connectivity index (χ1v) is 7.04. The fourth-order valence-electron chi connectivity index (χ4n) is 2.64. The molecule has 2 rings (SSSR count). The van der Waals surface area contributed by atoms with Crippen molar-refractivity contribution in [1.29, 1.82) is 0 Å². The van der Waals surface area contributed by atoms with Gasteiger partial charge >= 0.3 is 0 Å². The van der Waals surface area contributed by atoms with E-state index in [1.165, 1.54) is 38.5 Å². The third-order valence-electron chi connectivity index (χ3n) is 3.63. The average molecular weight is 235 g/mol. The fraction of sp³-hybridized carbons (Fsp3) is 0.786. The highest BCUT2D eigenvalue weighted by Gasteiger charge is 2.18. The summed E-state index contributed by atoms with van der Waals surface area (Å²) in [6, 6.07) is 0.685. The third kappa shape index (κ3) is 3.48. The maximum absolute atomic E-state index is 4.43. The molecule has 1 aromatic rings. The lowest BCUT2D eigenvalue weighted by atomic mass is 10.1. The summed E-state index contributed by atoms with van der Waals surface area (Å²) >= 11 is 0. The molecule has 1 aliphatic rings. The van der Waals surface area contributed by atoms with Gasteiger partial charge < -0.3 is 9.88 Å². The molecule has 0 bridgehead atoms. The largest absolute Gasteiger partial charge is 0.356 e. The Kier molecular flexibility index (Phi) is 4.46. The SMILES string of the molecule is CC(C)CCCNc1nccn1C1CCCC1. The molecule has 3 heteroatoms. The lowest BCUT2D eigenvalue weighted by Gasteiger charge is -2.15. The van der Waals surface area contributed by atoms with E-state index in [9.17, 15) is 0 Å². The third-order valence-corrected chi connectivity index (χ3v) is 3.63. The highest BCUT2D eigenvalue weighted by Crippen LogP contribution is 2.31. The Morgan fingerprint density at radius 2 is 2.18 bits per heavy atom. The Hall–Kier alpha value is -0.990. The Balaban J connectivity index is 1.82. The summed E-state index contributed by atoms with van der Waals surface area (Å²) in [5.74, 6) is 1.87. The van der Waals surface area contributed by atoms with Crippen LogP contribution in [-0.4, -0.2) is 16.1 Å². The van der Waals surface area contributed by atoms with Crippen LogP contribution in [-0.2, 0) is 0 Å². The number of nitrogens with zero attached hydrogens (tertiary/aromatic N) is 2. The summed E-state index contributed by atoms with van der Waals surface area (Å²) in [6.07, 6.45) is 11.9. The average Bonchev–Trinajstić information content (AvgIpc) is 2.94. The summed E-state index contributed by atoms with van der Waals surface area (Å²) in [4.78, 5) is 4.43. The van der Waals surface area contributed by atoms with Crippen molar-refractivity contribution in [3.63, 3.8) is 0 Å². The Bertz CT molecular complexity index is 324. The monoisotopic (exact) mass is 235 g/mol. The Labute approximate surface area is 105 Å². The number of imidazole rings is 1. The fourth-order valence-corrected chi connectivity index (χ4v) is 2.64. The highest BCUT2D eigenvalue weighted by molar-refractivity contribution is 5.26. The number of hydrogen-bond donors (Lipinski definition) is 1. The van der Waals surface area contributed by atoms with Crippen molar-refractivity contribution in [1.82, 2.24) is 9.55 Å². The summed E-state index contributed by atoms with van der Waals surface area (Å²) in [7, 11) is 0. The van der Waals surface area contributed by atoms with Crippen molar-refractivity contribution >= 4 is 5.95 Å². The summed E-state index contributed by atoms with van der Waals surface area (Å²) in [5.41, 5.74) is 0. The number of nitrogens with one attached hydrogen (secondary N) is 1. The molecule has 1 saturated carbocycles. The minimum atomic E-state index is 0.685. The lowest BCUT2D eigenvalue weighted by Crippen LogP contribution is -2.12. The van der Waals surface area contributed by atoms with Crippen molar-refractivity contribution in [2.75, 3.05) is 11.9 Å². The second-order valence-electron chi connectivity index (χ2n) is 5.56. The molecule has 17 heavy (non-hydrogen) atoms. The molecule has 0 spiro atoms. The zero-order chi connectivity index (χ0) is 12.1. The van der Waals surface area contributed by atoms with E-state index in [0.29, 0.717) is 6.04 Å². The zero-order valence-electron chi connectivity index (χ0n) is 11.2. The van der Waals surface area contributed by atoms with Gasteiger partial charge in [0, 0.05) is 25.0 Å². The normalized spacial score (nSPS) is 16.9. The van der Waals surface area contributed by atoms with Gasteiger partial charge in [0.2, 0.25) is 5.95 Å². The molecule has 1 fully saturated rings. The van der Waals surface area contributed by atoms with Crippen molar-refractivity contribution in [3.8, 4) is 0 Å². The van der Waals surface area contributed by atoms with Crippen molar-refractivity contribution in [2.24, 2.45) is 5.92 Å². The van der Waals surface area contributed by atoms with Gasteiger partial charge in [-0.2, -0.15) is 0 Å². The van der Waals surface area contributed by atoms with Crippen LogP contribution in [0, 0.1) is 5.92 Å². The molecule has 96 valence electrons. The summed E-state index contributed by atoms with van der Waals surface area (Å²) in [6.45, 7) is 5.60. The number of rotatable bonds is 6. The molecule has 1 heterocycles. The van der Waals surface area contributed by atoms with Crippen LogP contribution in [0.1, 0.15) is 58.4 Å². The molecule has 3 nitrogen and oxygen atoms in total. The Morgan fingerprint density at radius 1 is 1.41 bits per heavy atom. The van der Waals surface area contributed by atoms with Crippen LogP contribution in [0.4, 0.5) is 5.95 Å². The van der Waals surface area contributed by atoms with E-state index in [4.69, 9.17) is 0 Å². The molecular weight excluding hydrogens is 210 g/mol. The molecule has 0 unspecified atom stereocenters. The summed E-state index contributed by atoms with van der Waals surface area (Å²) < 4.78 is 2.34. The van der Waals surface area contributed by atoms with Gasteiger partial charge in [-0.15, -0.1) is 0 Å². The van der Waals surface area contributed by atoms with Crippen LogP contribution >= 0.6 is 0 Å². The van der Waals surface area contributed by atoms with Gasteiger partial charge in [-0.3, -0.25) is 0 Å². The van der Waals surface area contributed by atoms with Crippen molar-refractivity contribution in [3.05, 3.63) is 12.4 Å². The van der Waals surface area contributed by atoms with Gasteiger partial charge in [0.15, 0.2) is 0 Å². The Morgan fingerprint density at radius 3 is 2.88 bits per heavy atom. The van der Waals surface area contributed by atoms with E-state index >= 15 is 0 Å². The second-order valence-corrected chi connectivity index (χ2v) is 5.56. The molecule has 0 amide bonds. The lowest BCUT2D eigenvalue weighted by molar-refractivity contribution is 0.520. The quantitative estimate of drug-likeness (QED) is 0.759. The van der Waals surface area contributed by atoms with Gasteiger partial charge in [-0.05, 0) is 31.6 Å². The van der Waals surface area contributed by atoms with Crippen LogP contribution in [0.5, 0.6) is 0 Å². The van der Waals surface area contributed by atoms with Gasteiger partial charge in [-0.1, -0.05) is 26.7 Å². The molecule has 0 radical (unpaired) electrons. The topological polar surface area (TPSA) is 29.9 Å². The molecule has 0 saturated heterocycles. The number of anilines is 1. The first kappa shape index (κ1) is 12.5. The number of aromatic nitrogens is 2. The first-order chi connectivity index (χ1) is 8.27. The maximum Gasteiger partial charge on any atom is 0.203 e. The predicted molar refractivity (Wildman–Crippen MR) is 72.3 cm³/mol. The van der Waals surface area contributed by atoms with Crippen molar-refractivity contribution in [2.45, 2.75) is 58.4 Å². The second kappa shape index (κ2) is 6.08. The molecule has 1 aromatic heterocycles. The van der Waals surface area contributed by atoms with E-state index in [-0.39, 0.29) is 0 Å². The molecular formula is C14H25N3. The first-order valence-electron chi connectivity index (χ1n) is 7.04. The summed E-state index contributed by atoms with van der Waals surface area (Å²) in [5, 5.41) is 3.48. The van der Waals surface area contributed by atoms with Crippen LogP contribution in [0.15, 0.2) is 12.4 Å². The molecule has 0 aliphatic heterocycles. The van der Waals surface area contributed by atoms with E-state index in [1.807, 2.05) is 6.20 Å². The molecule has 0 atom stereocenters. The molecule has 1 aliphatic carbocycles. The predicted octanol–water partition coefficient (Wildman–Crippen LogP) is 3.85. The standard InChI is InChI=1S/C14H25N3/c1-12(2)6-5-9-15-14-16-10-11-17(14)13-7-3-4-8-13/h10-13H,3-9H2,1-2H3,(H,15,16). The van der Waals surface area contributed by atoms with Gasteiger partial charge in [0.05, 0.1) is 0 Å². The van der Waals surface area contributed by atoms with Crippen molar-refractivity contribution < 1.29 is 0 Å².